The Hall–Kier alpha value is -1.55. The Labute approximate surface area is 145 Å². The van der Waals surface area contributed by atoms with Gasteiger partial charge in [0.1, 0.15) is 5.02 Å². The second kappa shape index (κ2) is 6.91. The summed E-state index contributed by atoms with van der Waals surface area (Å²) in [6, 6.07) is 14.8. The van der Waals surface area contributed by atoms with E-state index in [0.29, 0.717) is 23.6 Å². The fraction of sp³-hybridized carbons (Fsp3) is 0.278. The van der Waals surface area contributed by atoms with Gasteiger partial charge in [-0.25, -0.2) is 0 Å². The van der Waals surface area contributed by atoms with Gasteiger partial charge >= 0.3 is 5.97 Å². The topological polar surface area (TPSA) is 38.3 Å². The van der Waals surface area contributed by atoms with Crippen LogP contribution in [0.4, 0.5) is 0 Å². The number of carbonyl (C=O) groups is 1. The minimum Gasteiger partial charge on any atom is -0.424 e. The summed E-state index contributed by atoms with van der Waals surface area (Å²) in [7, 11) is 0. The summed E-state index contributed by atoms with van der Waals surface area (Å²) < 4.78 is 5.64. The van der Waals surface area contributed by atoms with Crippen molar-refractivity contribution >= 4 is 29.2 Å². The monoisotopic (exact) mass is 349 g/mol. The molecule has 0 aromatic heterocycles. The lowest BCUT2D eigenvalue weighted by molar-refractivity contribution is -0.142. The highest BCUT2D eigenvalue weighted by Crippen LogP contribution is 2.38. The van der Waals surface area contributed by atoms with E-state index in [4.69, 9.17) is 27.9 Å². The van der Waals surface area contributed by atoms with Crippen LogP contribution in [0.15, 0.2) is 48.5 Å². The molecule has 1 heterocycles. The molecule has 0 amide bonds. The normalized spacial score (nSPS) is 16.8. The number of piperidine rings is 1. The standard InChI is InChI=1S/C18H17Cl2NO2/c19-14-7-4-8-15(16(14)20)23-17(22)18(9-11-21-12-10-18)13-5-2-1-3-6-13/h1-8,21H,9-12H2. The maximum atomic E-state index is 13.0. The smallest absolute Gasteiger partial charge is 0.322 e. The van der Waals surface area contributed by atoms with Crippen molar-refractivity contribution in [2.75, 3.05) is 13.1 Å². The van der Waals surface area contributed by atoms with Crippen molar-refractivity contribution in [3.05, 3.63) is 64.1 Å². The van der Waals surface area contributed by atoms with Gasteiger partial charge in [0, 0.05) is 0 Å². The Kier molecular flexibility index (Phi) is 4.90. The molecular formula is C18H17Cl2NO2. The zero-order valence-corrected chi connectivity index (χ0v) is 14.0. The van der Waals surface area contributed by atoms with Crippen LogP contribution in [0, 0.1) is 0 Å². The molecule has 1 saturated heterocycles. The molecule has 3 nitrogen and oxygen atoms in total. The van der Waals surface area contributed by atoms with Crippen molar-refractivity contribution in [1.29, 1.82) is 0 Å². The van der Waals surface area contributed by atoms with Gasteiger partial charge in [0.05, 0.1) is 10.4 Å². The molecule has 1 fully saturated rings. The fourth-order valence-electron chi connectivity index (χ4n) is 2.98. The number of hydrogen-bond donors (Lipinski definition) is 1. The summed E-state index contributed by atoms with van der Waals surface area (Å²) in [6.07, 6.45) is 1.38. The molecule has 1 aliphatic rings. The van der Waals surface area contributed by atoms with Gasteiger partial charge in [0.2, 0.25) is 0 Å². The molecule has 5 heteroatoms. The summed E-state index contributed by atoms with van der Waals surface area (Å²) in [5, 5.41) is 3.93. The molecule has 23 heavy (non-hydrogen) atoms. The minimum atomic E-state index is -0.655. The van der Waals surface area contributed by atoms with Crippen molar-refractivity contribution in [3.8, 4) is 5.75 Å². The summed E-state index contributed by atoms with van der Waals surface area (Å²) in [5.41, 5.74) is 0.322. The molecule has 0 radical (unpaired) electrons. The number of hydrogen-bond acceptors (Lipinski definition) is 3. The lowest BCUT2D eigenvalue weighted by atomic mass is 9.73. The highest BCUT2D eigenvalue weighted by Gasteiger charge is 2.43. The van der Waals surface area contributed by atoms with Crippen LogP contribution in [0.3, 0.4) is 0 Å². The molecule has 0 bridgehead atoms. The van der Waals surface area contributed by atoms with Gasteiger partial charge in [-0.2, -0.15) is 0 Å². The molecule has 0 saturated carbocycles. The fourth-order valence-corrected chi connectivity index (χ4v) is 3.31. The van der Waals surface area contributed by atoms with Gasteiger partial charge in [0.25, 0.3) is 0 Å². The van der Waals surface area contributed by atoms with Gasteiger partial charge in [-0.3, -0.25) is 4.79 Å². The van der Waals surface area contributed by atoms with E-state index >= 15 is 0 Å². The molecule has 1 aliphatic heterocycles. The van der Waals surface area contributed by atoms with E-state index in [2.05, 4.69) is 5.32 Å². The van der Waals surface area contributed by atoms with Crippen molar-refractivity contribution in [2.24, 2.45) is 0 Å². The van der Waals surface area contributed by atoms with Crippen molar-refractivity contribution in [2.45, 2.75) is 18.3 Å². The zero-order valence-electron chi connectivity index (χ0n) is 12.5. The second-order valence-corrected chi connectivity index (χ2v) is 6.42. The number of nitrogens with one attached hydrogen (secondary N) is 1. The molecule has 0 atom stereocenters. The van der Waals surface area contributed by atoms with Crippen LogP contribution < -0.4 is 10.1 Å². The van der Waals surface area contributed by atoms with Gasteiger partial charge in [-0.15, -0.1) is 0 Å². The predicted octanol–water partition coefficient (Wildman–Crippen LogP) is 4.22. The number of benzene rings is 2. The molecule has 0 spiro atoms. The molecule has 3 rings (SSSR count). The quantitative estimate of drug-likeness (QED) is 0.665. The van der Waals surface area contributed by atoms with E-state index in [1.165, 1.54) is 0 Å². The maximum absolute atomic E-state index is 13.0. The lowest BCUT2D eigenvalue weighted by Gasteiger charge is -2.35. The average molecular weight is 350 g/mol. The van der Waals surface area contributed by atoms with Crippen molar-refractivity contribution < 1.29 is 9.53 Å². The number of rotatable bonds is 3. The van der Waals surface area contributed by atoms with Crippen LogP contribution in [0.2, 0.25) is 10.0 Å². The molecule has 2 aromatic rings. The van der Waals surface area contributed by atoms with Crippen LogP contribution >= 0.6 is 23.2 Å². The molecule has 1 N–H and O–H groups in total. The maximum Gasteiger partial charge on any atom is 0.322 e. The summed E-state index contributed by atoms with van der Waals surface area (Å²) in [4.78, 5) is 13.0. The summed E-state index contributed by atoms with van der Waals surface area (Å²) >= 11 is 12.1. The van der Waals surface area contributed by atoms with Crippen LogP contribution in [0.5, 0.6) is 5.75 Å². The van der Waals surface area contributed by atoms with E-state index in [-0.39, 0.29) is 11.0 Å². The van der Waals surface area contributed by atoms with Crippen LogP contribution in [0.25, 0.3) is 0 Å². The number of halogens is 2. The Balaban J connectivity index is 1.94. The Morgan fingerprint density at radius 1 is 1.00 bits per heavy atom. The largest absolute Gasteiger partial charge is 0.424 e. The minimum absolute atomic E-state index is 0.264. The van der Waals surface area contributed by atoms with Crippen molar-refractivity contribution in [3.63, 3.8) is 0 Å². The van der Waals surface area contributed by atoms with Crippen LogP contribution in [-0.2, 0) is 10.2 Å². The molecule has 2 aromatic carbocycles. The highest BCUT2D eigenvalue weighted by molar-refractivity contribution is 6.43. The lowest BCUT2D eigenvalue weighted by Crippen LogP contribution is -2.47. The molecule has 0 unspecified atom stereocenters. The second-order valence-electron chi connectivity index (χ2n) is 5.64. The Morgan fingerprint density at radius 3 is 2.39 bits per heavy atom. The molecule has 120 valence electrons. The number of ether oxygens (including phenoxy) is 1. The summed E-state index contributed by atoms with van der Waals surface area (Å²) in [5.74, 6) is 0.0207. The third-order valence-corrected chi connectivity index (χ3v) is 5.09. The zero-order chi connectivity index (χ0) is 16.3. The van der Waals surface area contributed by atoms with E-state index in [0.717, 1.165) is 18.7 Å². The highest BCUT2D eigenvalue weighted by atomic mass is 35.5. The molecular weight excluding hydrogens is 333 g/mol. The first kappa shape index (κ1) is 16.3. The van der Waals surface area contributed by atoms with Gasteiger partial charge in [0.15, 0.2) is 5.75 Å². The summed E-state index contributed by atoms with van der Waals surface area (Å²) in [6.45, 7) is 1.54. The van der Waals surface area contributed by atoms with E-state index < -0.39 is 5.41 Å². The third kappa shape index (κ3) is 3.23. The molecule has 0 aliphatic carbocycles. The van der Waals surface area contributed by atoms with E-state index in [9.17, 15) is 4.79 Å². The SMILES string of the molecule is O=C(Oc1cccc(Cl)c1Cl)C1(c2ccccc2)CCNCC1. The Bertz CT molecular complexity index is 697. The first-order valence-electron chi connectivity index (χ1n) is 7.56. The van der Waals surface area contributed by atoms with E-state index in [1.807, 2.05) is 30.3 Å². The first-order chi connectivity index (χ1) is 11.1. The average Bonchev–Trinajstić information content (AvgIpc) is 2.60. The van der Waals surface area contributed by atoms with Crippen LogP contribution in [0.1, 0.15) is 18.4 Å². The van der Waals surface area contributed by atoms with Crippen molar-refractivity contribution in [1.82, 2.24) is 5.32 Å². The van der Waals surface area contributed by atoms with Crippen LogP contribution in [-0.4, -0.2) is 19.1 Å². The number of esters is 1. The predicted molar refractivity (Wildman–Crippen MR) is 92.3 cm³/mol. The number of carbonyl (C=O) groups excluding carboxylic acids is 1. The van der Waals surface area contributed by atoms with Gasteiger partial charge < -0.3 is 10.1 Å². The Morgan fingerprint density at radius 2 is 1.70 bits per heavy atom. The third-order valence-electron chi connectivity index (χ3n) is 4.29. The van der Waals surface area contributed by atoms with Gasteiger partial charge in [-0.05, 0) is 43.6 Å². The van der Waals surface area contributed by atoms with E-state index in [1.54, 1.807) is 18.2 Å². The van der Waals surface area contributed by atoms with Gasteiger partial charge in [-0.1, -0.05) is 59.6 Å². The first-order valence-corrected chi connectivity index (χ1v) is 8.32.